The van der Waals surface area contributed by atoms with E-state index in [1.54, 1.807) is 0 Å². The molecule has 0 atom stereocenters. The zero-order valence-electron chi connectivity index (χ0n) is 17.9. The van der Waals surface area contributed by atoms with Crippen LogP contribution in [0.4, 0.5) is 30.7 Å². The second-order valence-electron chi connectivity index (χ2n) is 7.93. The van der Waals surface area contributed by atoms with Crippen LogP contribution in [0.5, 0.6) is 0 Å². The average molecular weight is 504 g/mol. The van der Waals surface area contributed by atoms with Crippen LogP contribution < -0.4 is 11.1 Å². The van der Waals surface area contributed by atoms with Crippen molar-refractivity contribution in [1.29, 1.82) is 5.41 Å². The Labute approximate surface area is 194 Å². The topological polar surface area (TPSA) is 99.3 Å². The summed E-state index contributed by atoms with van der Waals surface area (Å²) in [7, 11) is 0. The van der Waals surface area contributed by atoms with Gasteiger partial charge < -0.3 is 10.6 Å². The van der Waals surface area contributed by atoms with Gasteiger partial charge in [0.15, 0.2) is 5.96 Å². The van der Waals surface area contributed by atoms with E-state index in [0.717, 1.165) is 18.2 Å². The van der Waals surface area contributed by atoms with Gasteiger partial charge in [0.25, 0.3) is 11.8 Å². The molecular weight excluding hydrogens is 485 g/mol. The molecule has 1 saturated heterocycles. The molecule has 2 aromatic carbocycles. The van der Waals surface area contributed by atoms with E-state index in [-0.39, 0.29) is 43.1 Å². The van der Waals surface area contributed by atoms with Crippen LogP contribution in [-0.2, 0) is 12.4 Å². The Morgan fingerprint density at radius 1 is 0.971 bits per heavy atom. The largest absolute Gasteiger partial charge is 0.416 e. The molecule has 2 amide bonds. The molecule has 0 aliphatic carbocycles. The predicted molar refractivity (Wildman–Crippen MR) is 110 cm³/mol. The Hall–Kier alpha value is -3.64. The van der Waals surface area contributed by atoms with E-state index in [2.05, 4.69) is 0 Å². The van der Waals surface area contributed by atoms with E-state index in [4.69, 9.17) is 11.1 Å². The number of halogens is 7. The van der Waals surface area contributed by atoms with Gasteiger partial charge in [-0.1, -0.05) is 6.07 Å². The molecule has 1 aliphatic rings. The normalized spacial score (nSPS) is 15.1. The second kappa shape index (κ2) is 9.55. The van der Waals surface area contributed by atoms with Crippen molar-refractivity contribution in [2.75, 3.05) is 13.1 Å². The maximum Gasteiger partial charge on any atom is 0.416 e. The van der Waals surface area contributed by atoms with E-state index in [1.165, 1.54) is 4.90 Å². The third kappa shape index (κ3) is 5.89. The zero-order valence-corrected chi connectivity index (χ0v) is 17.9. The maximum atomic E-state index is 14.2. The maximum absolute atomic E-state index is 14.2. The number of piperidine rings is 1. The molecular formula is C22H19F7N4O2. The van der Waals surface area contributed by atoms with Crippen molar-refractivity contribution in [2.24, 2.45) is 5.73 Å². The van der Waals surface area contributed by atoms with E-state index in [1.807, 2.05) is 5.32 Å². The lowest BCUT2D eigenvalue weighted by atomic mass is 9.85. The summed E-state index contributed by atoms with van der Waals surface area (Å²) in [6, 6.07) is 4.51. The monoisotopic (exact) mass is 504 g/mol. The number of nitrogens with zero attached hydrogens (tertiary/aromatic N) is 1. The van der Waals surface area contributed by atoms with Crippen molar-refractivity contribution in [3.05, 3.63) is 70.0 Å². The third-order valence-electron chi connectivity index (χ3n) is 5.62. The summed E-state index contributed by atoms with van der Waals surface area (Å²) in [4.78, 5) is 25.7. The highest BCUT2D eigenvalue weighted by Crippen LogP contribution is 2.39. The van der Waals surface area contributed by atoms with Crippen LogP contribution in [0.2, 0.25) is 0 Å². The molecule has 0 aromatic heterocycles. The first-order valence-electron chi connectivity index (χ1n) is 10.2. The molecule has 0 spiro atoms. The molecule has 0 bridgehead atoms. The van der Waals surface area contributed by atoms with Crippen molar-refractivity contribution in [3.8, 4) is 0 Å². The van der Waals surface area contributed by atoms with Gasteiger partial charge in [-0.25, -0.2) is 4.39 Å². The molecule has 13 heteroatoms. The van der Waals surface area contributed by atoms with Crippen LogP contribution in [0.3, 0.4) is 0 Å². The molecule has 35 heavy (non-hydrogen) atoms. The van der Waals surface area contributed by atoms with Gasteiger partial charge in [0.05, 0.1) is 16.7 Å². The molecule has 4 N–H and O–H groups in total. The van der Waals surface area contributed by atoms with Crippen LogP contribution in [0, 0.1) is 11.2 Å². The quantitative estimate of drug-likeness (QED) is 0.326. The Bertz CT molecular complexity index is 1150. The summed E-state index contributed by atoms with van der Waals surface area (Å²) >= 11 is 0. The Morgan fingerprint density at radius 2 is 1.60 bits per heavy atom. The van der Waals surface area contributed by atoms with Crippen molar-refractivity contribution in [1.82, 2.24) is 10.2 Å². The Morgan fingerprint density at radius 3 is 2.11 bits per heavy atom. The molecule has 3 rings (SSSR count). The molecule has 0 unspecified atom stereocenters. The predicted octanol–water partition coefficient (Wildman–Crippen LogP) is 4.51. The van der Waals surface area contributed by atoms with Gasteiger partial charge in [0, 0.05) is 18.7 Å². The van der Waals surface area contributed by atoms with Gasteiger partial charge in [0.1, 0.15) is 5.82 Å². The minimum Gasteiger partial charge on any atom is -0.370 e. The molecule has 1 heterocycles. The van der Waals surface area contributed by atoms with Crippen LogP contribution in [0.15, 0.2) is 36.4 Å². The fourth-order valence-corrected chi connectivity index (χ4v) is 3.92. The van der Waals surface area contributed by atoms with Crippen LogP contribution in [0.25, 0.3) is 0 Å². The molecule has 1 fully saturated rings. The summed E-state index contributed by atoms with van der Waals surface area (Å²) in [5.41, 5.74) is 1.75. The van der Waals surface area contributed by atoms with Gasteiger partial charge in [-0.2, -0.15) is 26.3 Å². The lowest BCUT2D eigenvalue weighted by Crippen LogP contribution is -2.38. The minimum absolute atomic E-state index is 0.0478. The number of nitrogens with two attached hydrogens (primary N) is 1. The number of carbonyl (C=O) groups is 2. The number of alkyl halides is 6. The summed E-state index contributed by atoms with van der Waals surface area (Å²) < 4.78 is 93.5. The number of hydrogen-bond acceptors (Lipinski definition) is 3. The summed E-state index contributed by atoms with van der Waals surface area (Å²) in [5.74, 6) is -4.55. The number of hydrogen-bond donors (Lipinski definition) is 3. The molecule has 0 saturated carbocycles. The van der Waals surface area contributed by atoms with Crippen LogP contribution >= 0.6 is 0 Å². The number of likely N-dealkylation sites (tertiary alicyclic amines) is 1. The molecule has 0 radical (unpaired) electrons. The molecule has 188 valence electrons. The van der Waals surface area contributed by atoms with E-state index < -0.39 is 58.6 Å². The smallest absolute Gasteiger partial charge is 0.370 e. The Kier molecular flexibility index (Phi) is 7.08. The standard InChI is InChI=1S/C22H19F7N4O2/c23-17-10-13(21(24,25)26)2-4-15(17)19(35)33-7-5-11(6-8-33)14-3-1-12(18(34)32-20(30)31)9-16(14)22(27,28)29/h1-4,9-11H,5-8H2,(H4,30,31,32,34). The van der Waals surface area contributed by atoms with Gasteiger partial charge in [-0.3, -0.25) is 20.3 Å². The summed E-state index contributed by atoms with van der Waals surface area (Å²) in [6.45, 7) is -0.0956. The zero-order chi connectivity index (χ0) is 26.1. The van der Waals surface area contributed by atoms with Crippen molar-refractivity contribution < 1.29 is 40.3 Å². The van der Waals surface area contributed by atoms with E-state index in [9.17, 15) is 40.3 Å². The van der Waals surface area contributed by atoms with Gasteiger partial charge in [-0.05, 0) is 54.7 Å². The number of guanidine groups is 1. The molecule has 2 aromatic rings. The highest BCUT2D eigenvalue weighted by atomic mass is 19.4. The first kappa shape index (κ1) is 26.0. The lowest BCUT2D eigenvalue weighted by molar-refractivity contribution is -0.139. The highest BCUT2D eigenvalue weighted by molar-refractivity contribution is 6.04. The number of amides is 2. The molecule has 1 aliphatic heterocycles. The first-order chi connectivity index (χ1) is 16.2. The SMILES string of the molecule is N=C(N)NC(=O)c1ccc(C2CCN(C(=O)c3ccc(C(F)(F)F)cc3F)CC2)c(C(F)(F)F)c1. The van der Waals surface area contributed by atoms with Crippen LogP contribution in [0.1, 0.15) is 56.2 Å². The third-order valence-corrected chi connectivity index (χ3v) is 5.62. The van der Waals surface area contributed by atoms with Gasteiger partial charge >= 0.3 is 12.4 Å². The highest BCUT2D eigenvalue weighted by Gasteiger charge is 2.38. The fourth-order valence-electron chi connectivity index (χ4n) is 3.92. The van der Waals surface area contributed by atoms with Crippen molar-refractivity contribution in [3.63, 3.8) is 0 Å². The van der Waals surface area contributed by atoms with Crippen LogP contribution in [-0.4, -0.2) is 35.8 Å². The Balaban J connectivity index is 1.77. The fraction of sp³-hybridized carbons (Fsp3) is 0.318. The number of benzene rings is 2. The summed E-state index contributed by atoms with van der Waals surface area (Å²) in [6.07, 6.45) is -9.41. The average Bonchev–Trinajstić information content (AvgIpc) is 2.76. The second-order valence-corrected chi connectivity index (χ2v) is 7.93. The van der Waals surface area contributed by atoms with E-state index in [0.29, 0.717) is 12.1 Å². The number of nitrogens with one attached hydrogen (secondary N) is 2. The molecule has 6 nitrogen and oxygen atoms in total. The number of carbonyl (C=O) groups excluding carboxylic acids is 2. The minimum atomic E-state index is -4.79. The van der Waals surface area contributed by atoms with Crippen molar-refractivity contribution >= 4 is 17.8 Å². The van der Waals surface area contributed by atoms with Crippen molar-refractivity contribution in [2.45, 2.75) is 31.1 Å². The van der Waals surface area contributed by atoms with Gasteiger partial charge in [0.2, 0.25) is 0 Å². The lowest BCUT2D eigenvalue weighted by Gasteiger charge is -2.33. The first-order valence-corrected chi connectivity index (χ1v) is 10.2. The summed E-state index contributed by atoms with van der Waals surface area (Å²) in [5, 5.41) is 8.94. The number of rotatable bonds is 3. The van der Waals surface area contributed by atoms with E-state index >= 15 is 0 Å². The van der Waals surface area contributed by atoms with Gasteiger partial charge in [-0.15, -0.1) is 0 Å².